The largest absolute Gasteiger partial charge is 0.381 e. The van der Waals surface area contributed by atoms with Crippen molar-refractivity contribution < 1.29 is 5.11 Å². The summed E-state index contributed by atoms with van der Waals surface area (Å²) in [6.45, 7) is 5.58. The predicted octanol–water partition coefficient (Wildman–Crippen LogP) is -0.289. The minimum absolute atomic E-state index is 0.134. The molecular formula is C9H17ClN4O. The zero-order chi connectivity index (χ0) is 10.7. The molecule has 2 unspecified atom stereocenters. The molecule has 2 fully saturated rings. The van der Waals surface area contributed by atoms with Crippen LogP contribution in [0.15, 0.2) is 11.6 Å². The van der Waals surface area contributed by atoms with E-state index >= 15 is 0 Å². The Balaban J connectivity index is 1.87. The van der Waals surface area contributed by atoms with Crippen LogP contribution in [0.25, 0.3) is 0 Å². The van der Waals surface area contributed by atoms with Crippen LogP contribution in [0.3, 0.4) is 0 Å². The van der Waals surface area contributed by atoms with Crippen molar-refractivity contribution >= 4 is 11.6 Å². The summed E-state index contributed by atoms with van der Waals surface area (Å²) in [6, 6.07) is 0. The summed E-state index contributed by atoms with van der Waals surface area (Å²) in [7, 11) is 0. The van der Waals surface area contributed by atoms with Crippen LogP contribution < -0.4 is 0 Å². The van der Waals surface area contributed by atoms with Crippen LogP contribution in [-0.2, 0) is 0 Å². The summed E-state index contributed by atoms with van der Waals surface area (Å²) in [5.74, 6) is 0. The number of aliphatic hydroxyl groups excluding tert-OH is 1. The van der Waals surface area contributed by atoms with Crippen molar-refractivity contribution in [1.29, 1.82) is 0 Å². The third-order valence-electron chi connectivity index (χ3n) is 2.65. The van der Waals surface area contributed by atoms with Gasteiger partial charge in [0.15, 0.2) is 0 Å². The van der Waals surface area contributed by atoms with E-state index in [9.17, 15) is 0 Å². The molecule has 1 N–H and O–H groups in total. The molecule has 2 atom stereocenters. The molecule has 0 radical (unpaired) electrons. The van der Waals surface area contributed by atoms with Gasteiger partial charge >= 0.3 is 0 Å². The summed E-state index contributed by atoms with van der Waals surface area (Å²) in [5, 5.41) is 9.08. The molecule has 2 rings (SSSR count). The second-order valence-electron chi connectivity index (χ2n) is 4.08. The number of hydrogen-bond donors (Lipinski definition) is 1. The highest BCUT2D eigenvalue weighted by molar-refractivity contribution is 6.25. The van der Waals surface area contributed by atoms with Gasteiger partial charge in [-0.15, -0.1) is 0 Å². The Labute approximate surface area is 95.1 Å². The van der Waals surface area contributed by atoms with E-state index < -0.39 is 0 Å². The first kappa shape index (κ1) is 11.3. The summed E-state index contributed by atoms with van der Waals surface area (Å²) in [4.78, 5) is 8.92. The molecule has 0 aromatic carbocycles. The van der Waals surface area contributed by atoms with Gasteiger partial charge < -0.3 is 5.11 Å². The lowest BCUT2D eigenvalue weighted by molar-refractivity contribution is -0.135. The molecular weight excluding hydrogens is 216 g/mol. The summed E-state index contributed by atoms with van der Waals surface area (Å²) >= 11 is 5.51. The normalized spacial score (nSPS) is 33.7. The minimum Gasteiger partial charge on any atom is -0.381 e. The van der Waals surface area contributed by atoms with E-state index in [0.29, 0.717) is 0 Å². The molecule has 0 aromatic heterocycles. The molecule has 0 aromatic rings. The fourth-order valence-corrected chi connectivity index (χ4v) is 2.25. The number of fused-ring (bicyclic) bond motifs is 2. The Bertz CT molecular complexity index is 224. The van der Waals surface area contributed by atoms with Crippen molar-refractivity contribution in [2.75, 3.05) is 46.6 Å². The maximum Gasteiger partial charge on any atom is 0.0976 e. The second-order valence-corrected chi connectivity index (χ2v) is 4.33. The molecule has 2 heterocycles. The van der Waals surface area contributed by atoms with E-state index in [1.807, 2.05) is 11.0 Å². The van der Waals surface area contributed by atoms with Crippen LogP contribution >= 0.6 is 11.6 Å². The average molecular weight is 233 g/mol. The van der Waals surface area contributed by atoms with E-state index in [0.717, 1.165) is 39.9 Å². The van der Waals surface area contributed by atoms with Crippen LogP contribution in [0, 0.1) is 0 Å². The molecule has 6 heteroatoms. The minimum atomic E-state index is 0.134. The highest BCUT2D eigenvalue weighted by Crippen LogP contribution is 2.13. The monoisotopic (exact) mass is 232 g/mol. The van der Waals surface area contributed by atoms with Gasteiger partial charge in [-0.05, 0) is 0 Å². The summed E-state index contributed by atoms with van der Waals surface area (Å²) in [6.07, 6.45) is 1.95. The zero-order valence-electron chi connectivity index (χ0n) is 8.72. The first-order valence-corrected chi connectivity index (χ1v) is 5.51. The molecule has 0 amide bonds. The van der Waals surface area contributed by atoms with Gasteiger partial charge in [-0.25, -0.2) is 0 Å². The van der Waals surface area contributed by atoms with Crippen LogP contribution in [0.2, 0.25) is 0 Å². The SMILES string of the molecule is OCN1CN2CN(CC=CCl)CN(C1)C2. The highest BCUT2D eigenvalue weighted by atomic mass is 35.5. The van der Waals surface area contributed by atoms with Gasteiger partial charge in [0.05, 0.1) is 40.1 Å². The smallest absolute Gasteiger partial charge is 0.0976 e. The Morgan fingerprint density at radius 2 is 1.60 bits per heavy atom. The molecule has 15 heavy (non-hydrogen) atoms. The maximum absolute atomic E-state index is 9.08. The van der Waals surface area contributed by atoms with Crippen LogP contribution in [-0.4, -0.2) is 71.3 Å². The van der Waals surface area contributed by atoms with Crippen LogP contribution in [0.5, 0.6) is 0 Å². The van der Waals surface area contributed by atoms with E-state index in [4.69, 9.17) is 16.7 Å². The number of halogens is 1. The molecule has 5 nitrogen and oxygen atoms in total. The van der Waals surface area contributed by atoms with Crippen molar-refractivity contribution in [3.63, 3.8) is 0 Å². The van der Waals surface area contributed by atoms with Gasteiger partial charge in [0.1, 0.15) is 0 Å². The molecule has 0 saturated carbocycles. The van der Waals surface area contributed by atoms with E-state index in [1.165, 1.54) is 0 Å². The Hall–Kier alpha value is -0.170. The lowest BCUT2D eigenvalue weighted by atomic mass is 10.4. The zero-order valence-corrected chi connectivity index (χ0v) is 9.47. The molecule has 0 spiro atoms. The fourth-order valence-electron chi connectivity index (χ4n) is 2.17. The fraction of sp³-hybridized carbons (Fsp3) is 0.778. The van der Waals surface area contributed by atoms with Gasteiger partial charge in [-0.3, -0.25) is 19.6 Å². The molecule has 2 bridgehead atoms. The molecule has 0 aliphatic carbocycles. The van der Waals surface area contributed by atoms with E-state index in [1.54, 1.807) is 5.54 Å². The second kappa shape index (κ2) is 5.25. The first-order chi connectivity index (χ1) is 7.31. The van der Waals surface area contributed by atoms with Gasteiger partial charge in [0.2, 0.25) is 0 Å². The first-order valence-electron chi connectivity index (χ1n) is 5.07. The Morgan fingerprint density at radius 1 is 1.00 bits per heavy atom. The van der Waals surface area contributed by atoms with Gasteiger partial charge in [0, 0.05) is 12.1 Å². The Kier molecular flexibility index (Phi) is 3.96. The third kappa shape index (κ3) is 2.90. The topological polar surface area (TPSA) is 33.2 Å². The number of rotatable bonds is 3. The van der Waals surface area contributed by atoms with Crippen LogP contribution in [0.4, 0.5) is 0 Å². The van der Waals surface area contributed by atoms with Crippen molar-refractivity contribution in [3.8, 4) is 0 Å². The summed E-state index contributed by atoms with van der Waals surface area (Å²) < 4.78 is 0. The van der Waals surface area contributed by atoms with Crippen molar-refractivity contribution in [1.82, 2.24) is 19.6 Å². The molecule has 2 aliphatic heterocycles. The predicted molar refractivity (Wildman–Crippen MR) is 58.6 cm³/mol. The van der Waals surface area contributed by atoms with E-state index in [2.05, 4.69) is 14.7 Å². The quantitative estimate of drug-likeness (QED) is 0.724. The van der Waals surface area contributed by atoms with E-state index in [-0.39, 0.29) is 6.73 Å². The van der Waals surface area contributed by atoms with Gasteiger partial charge in [0.25, 0.3) is 0 Å². The molecule has 2 saturated heterocycles. The highest BCUT2D eigenvalue weighted by Gasteiger charge is 2.29. The lowest BCUT2D eigenvalue weighted by Gasteiger charge is -2.49. The van der Waals surface area contributed by atoms with Crippen molar-refractivity contribution in [2.24, 2.45) is 0 Å². The van der Waals surface area contributed by atoms with Gasteiger partial charge in [-0.2, -0.15) is 0 Å². The average Bonchev–Trinajstić information content (AvgIpc) is 2.25. The number of nitrogens with zero attached hydrogens (tertiary/aromatic N) is 4. The molecule has 86 valence electrons. The van der Waals surface area contributed by atoms with Crippen molar-refractivity contribution in [3.05, 3.63) is 11.6 Å². The lowest BCUT2D eigenvalue weighted by Crippen LogP contribution is -2.64. The third-order valence-corrected chi connectivity index (χ3v) is 2.83. The van der Waals surface area contributed by atoms with Gasteiger partial charge in [-0.1, -0.05) is 17.7 Å². The Morgan fingerprint density at radius 3 is 2.13 bits per heavy atom. The molecule has 2 aliphatic rings. The summed E-state index contributed by atoms with van der Waals surface area (Å²) in [5.41, 5.74) is 1.56. The number of hydrogen-bond acceptors (Lipinski definition) is 5. The van der Waals surface area contributed by atoms with Crippen molar-refractivity contribution in [2.45, 2.75) is 0 Å². The number of aliphatic hydroxyl groups is 1. The van der Waals surface area contributed by atoms with Crippen LogP contribution in [0.1, 0.15) is 0 Å². The standard InChI is InChI=1S/C9H17ClN4O/c10-2-1-3-11-4-12-6-13(5-11)8-14(7-12)9-15/h1-2,15H,3-9H2. The maximum atomic E-state index is 9.08.